The van der Waals surface area contributed by atoms with Gasteiger partial charge in [-0.3, -0.25) is 4.68 Å². The van der Waals surface area contributed by atoms with Crippen molar-refractivity contribution in [2.24, 2.45) is 0 Å². The zero-order valence-corrected chi connectivity index (χ0v) is 11.2. The summed E-state index contributed by atoms with van der Waals surface area (Å²) in [6, 6.07) is 2.15. The molecule has 0 unspecified atom stereocenters. The first-order valence-electron chi connectivity index (χ1n) is 5.58. The molecule has 4 heteroatoms. The van der Waals surface area contributed by atoms with Crippen LogP contribution < -0.4 is 5.32 Å². The van der Waals surface area contributed by atoms with Gasteiger partial charge in [0.1, 0.15) is 0 Å². The van der Waals surface area contributed by atoms with Crippen molar-refractivity contribution < 1.29 is 0 Å². The van der Waals surface area contributed by atoms with E-state index in [-0.39, 0.29) is 0 Å². The summed E-state index contributed by atoms with van der Waals surface area (Å²) in [7, 11) is 0. The lowest BCUT2D eigenvalue weighted by molar-refractivity contribution is 0.570. The van der Waals surface area contributed by atoms with E-state index in [1.54, 1.807) is 0 Å². The summed E-state index contributed by atoms with van der Waals surface area (Å²) in [5, 5.41) is 8.95. The fourth-order valence-electron chi connectivity index (χ4n) is 1.58. The predicted molar refractivity (Wildman–Crippen MR) is 67.4 cm³/mol. The summed E-state index contributed by atoms with van der Waals surface area (Å²) in [5.41, 5.74) is 2.39. The zero-order valence-electron chi connectivity index (χ0n) is 9.59. The van der Waals surface area contributed by atoms with E-state index in [0.717, 1.165) is 30.7 Å². The summed E-state index contributed by atoms with van der Waals surface area (Å²) in [6.07, 6.45) is 2.46. The Morgan fingerprint density at radius 2 is 2.27 bits per heavy atom. The Bertz CT molecular complexity index is 283. The van der Waals surface area contributed by atoms with Crippen LogP contribution in [0, 0.1) is 6.92 Å². The van der Waals surface area contributed by atoms with Gasteiger partial charge in [-0.25, -0.2) is 0 Å². The van der Waals surface area contributed by atoms with E-state index in [4.69, 9.17) is 0 Å². The normalized spacial score (nSPS) is 10.9. The van der Waals surface area contributed by atoms with Crippen molar-refractivity contribution in [3.05, 3.63) is 17.5 Å². The second-order valence-electron chi connectivity index (χ2n) is 3.67. The van der Waals surface area contributed by atoms with E-state index in [1.807, 2.05) is 6.92 Å². The Labute approximate surface area is 100 Å². The minimum atomic E-state index is 0.928. The quantitative estimate of drug-likeness (QED) is 0.611. The predicted octanol–water partition coefficient (Wildman–Crippen LogP) is 2.48. The maximum Gasteiger partial charge on any atom is 0.0597 e. The third-order valence-electron chi connectivity index (χ3n) is 2.33. The van der Waals surface area contributed by atoms with E-state index in [0.29, 0.717) is 0 Å². The Hall–Kier alpha value is -0.350. The fraction of sp³-hybridized carbons (Fsp3) is 0.727. The summed E-state index contributed by atoms with van der Waals surface area (Å²) < 4.78 is 2.06. The first kappa shape index (κ1) is 12.7. The number of alkyl halides is 1. The molecule has 1 heterocycles. The van der Waals surface area contributed by atoms with Gasteiger partial charge in [0.25, 0.3) is 0 Å². The largest absolute Gasteiger partial charge is 0.311 e. The van der Waals surface area contributed by atoms with Crippen LogP contribution in [0.25, 0.3) is 0 Å². The minimum absolute atomic E-state index is 0.928. The van der Waals surface area contributed by atoms with Crippen molar-refractivity contribution in [3.63, 3.8) is 0 Å². The Kier molecular flexibility index (Phi) is 5.95. The first-order chi connectivity index (χ1) is 7.27. The van der Waals surface area contributed by atoms with Gasteiger partial charge < -0.3 is 5.32 Å². The van der Waals surface area contributed by atoms with Crippen molar-refractivity contribution in [2.75, 3.05) is 11.9 Å². The molecule has 0 aliphatic carbocycles. The number of unbranched alkanes of at least 4 members (excludes halogenated alkanes) is 1. The number of rotatable bonds is 7. The Balaban J connectivity index is 2.30. The van der Waals surface area contributed by atoms with Crippen molar-refractivity contribution in [1.29, 1.82) is 0 Å². The minimum Gasteiger partial charge on any atom is -0.311 e. The van der Waals surface area contributed by atoms with Crippen molar-refractivity contribution in [1.82, 2.24) is 15.1 Å². The third kappa shape index (κ3) is 4.34. The maximum atomic E-state index is 4.41. The van der Waals surface area contributed by atoms with Gasteiger partial charge in [-0.15, -0.1) is 0 Å². The smallest absolute Gasteiger partial charge is 0.0597 e. The SMILES string of the molecule is CCn1nc(C)cc1CNCCCCBr. The molecule has 0 aromatic carbocycles. The van der Waals surface area contributed by atoms with Gasteiger partial charge in [-0.05, 0) is 39.3 Å². The van der Waals surface area contributed by atoms with E-state index >= 15 is 0 Å². The molecule has 0 aliphatic rings. The zero-order chi connectivity index (χ0) is 11.1. The van der Waals surface area contributed by atoms with E-state index in [9.17, 15) is 0 Å². The summed E-state index contributed by atoms with van der Waals surface area (Å²) in [5.74, 6) is 0. The van der Waals surface area contributed by atoms with Crippen LogP contribution in [0.5, 0.6) is 0 Å². The van der Waals surface area contributed by atoms with Gasteiger partial charge in [0.15, 0.2) is 0 Å². The molecule has 0 amide bonds. The summed E-state index contributed by atoms with van der Waals surface area (Å²) >= 11 is 3.43. The van der Waals surface area contributed by atoms with Gasteiger partial charge in [0.05, 0.1) is 11.4 Å². The Morgan fingerprint density at radius 3 is 2.93 bits per heavy atom. The maximum absolute atomic E-state index is 4.41. The van der Waals surface area contributed by atoms with Gasteiger partial charge in [0, 0.05) is 18.4 Å². The highest BCUT2D eigenvalue weighted by atomic mass is 79.9. The lowest BCUT2D eigenvalue weighted by Crippen LogP contribution is -2.17. The monoisotopic (exact) mass is 273 g/mol. The molecule has 0 aliphatic heterocycles. The van der Waals surface area contributed by atoms with Gasteiger partial charge in [0.2, 0.25) is 0 Å². The molecule has 0 radical (unpaired) electrons. The molecular weight excluding hydrogens is 254 g/mol. The number of aromatic nitrogens is 2. The highest BCUT2D eigenvalue weighted by molar-refractivity contribution is 9.09. The number of nitrogens with zero attached hydrogens (tertiary/aromatic N) is 2. The standard InChI is InChI=1S/C11H20BrN3/c1-3-15-11(8-10(2)14-15)9-13-7-5-4-6-12/h8,13H,3-7,9H2,1-2H3. The molecule has 0 fully saturated rings. The lowest BCUT2D eigenvalue weighted by Gasteiger charge is -2.05. The molecule has 1 N–H and O–H groups in total. The fourth-order valence-corrected chi connectivity index (χ4v) is 1.97. The van der Waals surface area contributed by atoms with Crippen LogP contribution in [0.4, 0.5) is 0 Å². The van der Waals surface area contributed by atoms with Crippen LogP contribution in [0.2, 0.25) is 0 Å². The number of hydrogen-bond acceptors (Lipinski definition) is 2. The van der Waals surface area contributed by atoms with Crippen LogP contribution in [0.1, 0.15) is 31.2 Å². The van der Waals surface area contributed by atoms with E-state index in [1.165, 1.54) is 18.5 Å². The second kappa shape index (κ2) is 7.01. The van der Waals surface area contributed by atoms with Gasteiger partial charge in [-0.1, -0.05) is 15.9 Å². The third-order valence-corrected chi connectivity index (χ3v) is 2.89. The van der Waals surface area contributed by atoms with Crippen LogP contribution in [-0.2, 0) is 13.1 Å². The number of aryl methyl sites for hydroxylation is 2. The van der Waals surface area contributed by atoms with Crippen LogP contribution >= 0.6 is 15.9 Å². The molecule has 0 saturated heterocycles. The molecule has 1 rings (SSSR count). The van der Waals surface area contributed by atoms with Crippen LogP contribution in [0.15, 0.2) is 6.07 Å². The highest BCUT2D eigenvalue weighted by Crippen LogP contribution is 2.03. The van der Waals surface area contributed by atoms with Crippen molar-refractivity contribution in [2.45, 2.75) is 39.8 Å². The number of nitrogens with one attached hydrogen (secondary N) is 1. The molecular formula is C11H20BrN3. The summed E-state index contributed by atoms with van der Waals surface area (Å²) in [4.78, 5) is 0. The second-order valence-corrected chi connectivity index (χ2v) is 4.46. The van der Waals surface area contributed by atoms with Crippen molar-refractivity contribution in [3.8, 4) is 0 Å². The number of hydrogen-bond donors (Lipinski definition) is 1. The average Bonchev–Trinajstić information content (AvgIpc) is 2.59. The summed E-state index contributed by atoms with van der Waals surface area (Å²) in [6.45, 7) is 7.13. The Morgan fingerprint density at radius 1 is 1.47 bits per heavy atom. The van der Waals surface area contributed by atoms with Gasteiger partial charge in [-0.2, -0.15) is 5.10 Å². The molecule has 0 saturated carbocycles. The lowest BCUT2D eigenvalue weighted by atomic mass is 10.3. The molecule has 1 aromatic heterocycles. The highest BCUT2D eigenvalue weighted by Gasteiger charge is 2.02. The van der Waals surface area contributed by atoms with Crippen molar-refractivity contribution >= 4 is 15.9 Å². The molecule has 86 valence electrons. The topological polar surface area (TPSA) is 29.9 Å². The van der Waals surface area contributed by atoms with Crippen LogP contribution in [-0.4, -0.2) is 21.7 Å². The van der Waals surface area contributed by atoms with E-state index < -0.39 is 0 Å². The molecule has 15 heavy (non-hydrogen) atoms. The molecule has 0 atom stereocenters. The van der Waals surface area contributed by atoms with Gasteiger partial charge >= 0.3 is 0 Å². The first-order valence-corrected chi connectivity index (χ1v) is 6.70. The molecule has 3 nitrogen and oxygen atoms in total. The average molecular weight is 274 g/mol. The van der Waals surface area contributed by atoms with Crippen LogP contribution in [0.3, 0.4) is 0 Å². The molecule has 1 aromatic rings. The number of halogens is 1. The molecule has 0 bridgehead atoms. The molecule has 0 spiro atoms. The van der Waals surface area contributed by atoms with E-state index in [2.05, 4.69) is 44.0 Å².